The molecule has 1 amide bonds. The van der Waals surface area contributed by atoms with Crippen LogP contribution in [0.2, 0.25) is 5.02 Å². The Morgan fingerprint density at radius 1 is 1.41 bits per heavy atom. The van der Waals surface area contributed by atoms with Gasteiger partial charge in [0, 0.05) is 10.6 Å². The third-order valence-electron chi connectivity index (χ3n) is 3.99. The summed E-state index contributed by atoms with van der Waals surface area (Å²) < 4.78 is 5.32. The lowest BCUT2D eigenvalue weighted by molar-refractivity contribution is -0.922. The summed E-state index contributed by atoms with van der Waals surface area (Å²) in [5.74, 6) is 0.853. The van der Waals surface area contributed by atoms with E-state index >= 15 is 0 Å². The summed E-state index contributed by atoms with van der Waals surface area (Å²) in [5.41, 5.74) is 6.26. The Morgan fingerprint density at radius 3 is 2.91 bits per heavy atom. The molecule has 0 saturated carbocycles. The highest BCUT2D eigenvalue weighted by Crippen LogP contribution is 2.18. The number of carbonyl (C=O) groups is 1. The average Bonchev–Trinajstić information content (AvgIpc) is 2.96. The Kier molecular flexibility index (Phi) is 4.40. The number of nitrogens with one attached hydrogen (secondary N) is 1. The molecule has 1 saturated heterocycles. The molecule has 1 fully saturated rings. The topological polar surface area (TPSA) is 86.5 Å². The quantitative estimate of drug-likeness (QED) is 0.866. The first kappa shape index (κ1) is 15.0. The summed E-state index contributed by atoms with van der Waals surface area (Å²) in [6.07, 6.45) is 1.86. The number of piperidine rings is 1. The Hall–Kier alpha value is -1.92. The molecular weight excluding hydrogens is 304 g/mol. The lowest BCUT2D eigenvalue weighted by Crippen LogP contribution is -3.12. The zero-order valence-electron chi connectivity index (χ0n) is 12.1. The van der Waals surface area contributed by atoms with Crippen molar-refractivity contribution in [2.45, 2.75) is 19.4 Å². The number of benzene rings is 1. The molecule has 3 rings (SSSR count). The molecule has 0 aliphatic carbocycles. The van der Waals surface area contributed by atoms with Crippen molar-refractivity contribution in [1.82, 2.24) is 10.1 Å². The van der Waals surface area contributed by atoms with E-state index in [1.54, 1.807) is 12.1 Å². The molecule has 1 aliphatic heterocycles. The van der Waals surface area contributed by atoms with E-state index in [2.05, 4.69) is 10.1 Å². The molecule has 22 heavy (non-hydrogen) atoms. The maximum atomic E-state index is 11.3. The van der Waals surface area contributed by atoms with Crippen LogP contribution in [-0.2, 0) is 11.3 Å². The van der Waals surface area contributed by atoms with Crippen molar-refractivity contribution in [3.63, 3.8) is 0 Å². The van der Waals surface area contributed by atoms with Crippen molar-refractivity contribution in [2.24, 2.45) is 11.7 Å². The van der Waals surface area contributed by atoms with Crippen molar-refractivity contribution < 1.29 is 14.2 Å². The van der Waals surface area contributed by atoms with E-state index < -0.39 is 0 Å². The van der Waals surface area contributed by atoms with E-state index in [9.17, 15) is 4.79 Å². The van der Waals surface area contributed by atoms with Crippen LogP contribution < -0.4 is 10.6 Å². The molecule has 1 unspecified atom stereocenters. The van der Waals surface area contributed by atoms with Gasteiger partial charge in [-0.2, -0.15) is 4.98 Å². The van der Waals surface area contributed by atoms with Crippen LogP contribution in [0.5, 0.6) is 0 Å². The van der Waals surface area contributed by atoms with E-state index in [1.807, 2.05) is 12.1 Å². The lowest BCUT2D eigenvalue weighted by Gasteiger charge is -2.26. The SMILES string of the molecule is NC(=O)[C@@H]1CCC[NH+](Cc2nc(-c3ccc(Cl)cc3)no2)C1. The number of amides is 1. The molecule has 2 atom stereocenters. The van der Waals surface area contributed by atoms with E-state index in [0.717, 1.165) is 31.5 Å². The first-order chi connectivity index (χ1) is 10.6. The Balaban J connectivity index is 1.66. The largest absolute Gasteiger partial charge is 0.369 e. The van der Waals surface area contributed by atoms with Gasteiger partial charge in [0.15, 0.2) is 6.54 Å². The molecule has 1 aromatic carbocycles. The van der Waals surface area contributed by atoms with Crippen LogP contribution in [0.25, 0.3) is 11.4 Å². The van der Waals surface area contributed by atoms with Gasteiger partial charge in [0.2, 0.25) is 11.7 Å². The molecule has 7 heteroatoms. The number of halogens is 1. The molecule has 0 spiro atoms. The van der Waals surface area contributed by atoms with Crippen molar-refractivity contribution in [3.05, 3.63) is 35.2 Å². The second-order valence-corrected chi connectivity index (χ2v) is 6.08. The number of nitrogens with zero attached hydrogens (tertiary/aromatic N) is 2. The van der Waals surface area contributed by atoms with Crippen LogP contribution in [0.4, 0.5) is 0 Å². The smallest absolute Gasteiger partial charge is 0.282 e. The minimum Gasteiger partial charge on any atom is -0.369 e. The van der Waals surface area contributed by atoms with Gasteiger partial charge in [-0.25, -0.2) is 0 Å². The molecule has 1 aliphatic rings. The van der Waals surface area contributed by atoms with Crippen molar-refractivity contribution in [1.29, 1.82) is 0 Å². The minimum atomic E-state index is -0.218. The number of nitrogens with two attached hydrogens (primary N) is 1. The lowest BCUT2D eigenvalue weighted by atomic mass is 9.97. The highest BCUT2D eigenvalue weighted by atomic mass is 35.5. The van der Waals surface area contributed by atoms with E-state index in [4.69, 9.17) is 21.9 Å². The zero-order chi connectivity index (χ0) is 15.5. The maximum Gasteiger partial charge on any atom is 0.282 e. The Bertz CT molecular complexity index is 656. The molecule has 0 bridgehead atoms. The van der Waals surface area contributed by atoms with Gasteiger partial charge in [-0.3, -0.25) is 4.79 Å². The third-order valence-corrected chi connectivity index (χ3v) is 4.24. The minimum absolute atomic E-state index is 0.0533. The fourth-order valence-electron chi connectivity index (χ4n) is 2.81. The van der Waals surface area contributed by atoms with Gasteiger partial charge in [0.25, 0.3) is 5.89 Å². The molecule has 3 N–H and O–H groups in total. The number of hydrogen-bond donors (Lipinski definition) is 2. The van der Waals surface area contributed by atoms with E-state index in [-0.39, 0.29) is 11.8 Å². The highest BCUT2D eigenvalue weighted by molar-refractivity contribution is 6.30. The number of primary amides is 1. The molecule has 0 radical (unpaired) electrons. The second-order valence-electron chi connectivity index (χ2n) is 5.64. The van der Waals surface area contributed by atoms with Gasteiger partial charge >= 0.3 is 0 Å². The number of aromatic nitrogens is 2. The van der Waals surface area contributed by atoms with Crippen LogP contribution in [0.15, 0.2) is 28.8 Å². The van der Waals surface area contributed by atoms with Crippen molar-refractivity contribution >= 4 is 17.5 Å². The number of likely N-dealkylation sites (tertiary alicyclic amines) is 1. The summed E-state index contributed by atoms with van der Waals surface area (Å²) in [4.78, 5) is 17.0. The van der Waals surface area contributed by atoms with Crippen LogP contribution in [-0.4, -0.2) is 29.1 Å². The van der Waals surface area contributed by atoms with Gasteiger partial charge in [-0.15, -0.1) is 0 Å². The molecule has 6 nitrogen and oxygen atoms in total. The number of hydrogen-bond acceptors (Lipinski definition) is 4. The van der Waals surface area contributed by atoms with Crippen molar-refractivity contribution in [3.8, 4) is 11.4 Å². The number of quaternary nitrogens is 1. The van der Waals surface area contributed by atoms with Gasteiger partial charge < -0.3 is 15.2 Å². The summed E-state index contributed by atoms with van der Waals surface area (Å²) in [6.45, 7) is 2.33. The van der Waals surface area contributed by atoms with Gasteiger partial charge in [0.05, 0.1) is 19.0 Å². The second kappa shape index (κ2) is 6.46. The fraction of sp³-hybridized carbons (Fsp3) is 0.400. The van der Waals surface area contributed by atoms with Crippen LogP contribution >= 0.6 is 11.6 Å². The van der Waals surface area contributed by atoms with E-state index in [0.29, 0.717) is 23.3 Å². The van der Waals surface area contributed by atoms with E-state index in [1.165, 1.54) is 4.90 Å². The zero-order valence-corrected chi connectivity index (χ0v) is 12.8. The molecule has 2 aromatic rings. The summed E-state index contributed by atoms with van der Waals surface area (Å²) >= 11 is 5.87. The number of carbonyl (C=O) groups excluding carboxylic acids is 1. The van der Waals surface area contributed by atoms with Crippen LogP contribution in [0, 0.1) is 5.92 Å². The normalized spacial score (nSPS) is 21.7. The standard InChI is InChI=1S/C15H17ClN4O2/c16-12-5-3-10(4-6-12)15-18-13(22-19-15)9-20-7-1-2-11(8-20)14(17)21/h3-6,11H,1-2,7-9H2,(H2,17,21)/p+1/t11-/m1/s1. The predicted molar refractivity (Wildman–Crippen MR) is 81.1 cm³/mol. The van der Waals surface area contributed by atoms with Gasteiger partial charge in [0.1, 0.15) is 0 Å². The first-order valence-corrected chi connectivity index (χ1v) is 7.71. The maximum absolute atomic E-state index is 11.3. The molecule has 116 valence electrons. The molecule has 1 aromatic heterocycles. The van der Waals surface area contributed by atoms with Crippen LogP contribution in [0.1, 0.15) is 18.7 Å². The third kappa shape index (κ3) is 3.45. The monoisotopic (exact) mass is 321 g/mol. The number of rotatable bonds is 4. The summed E-state index contributed by atoms with van der Waals surface area (Å²) in [7, 11) is 0. The summed E-state index contributed by atoms with van der Waals surface area (Å²) in [5, 5.41) is 4.67. The Morgan fingerprint density at radius 2 is 2.18 bits per heavy atom. The average molecular weight is 322 g/mol. The fourth-order valence-corrected chi connectivity index (χ4v) is 2.94. The predicted octanol–water partition coefficient (Wildman–Crippen LogP) is 0.670. The molecular formula is C15H18ClN4O2+. The van der Waals surface area contributed by atoms with Gasteiger partial charge in [-0.05, 0) is 37.1 Å². The highest BCUT2D eigenvalue weighted by Gasteiger charge is 2.28. The molecule has 2 heterocycles. The summed E-state index contributed by atoms with van der Waals surface area (Å²) in [6, 6.07) is 7.29. The first-order valence-electron chi connectivity index (χ1n) is 7.33. The van der Waals surface area contributed by atoms with Crippen molar-refractivity contribution in [2.75, 3.05) is 13.1 Å². The van der Waals surface area contributed by atoms with Gasteiger partial charge in [-0.1, -0.05) is 16.8 Å². The van der Waals surface area contributed by atoms with Crippen LogP contribution in [0.3, 0.4) is 0 Å². The Labute approximate surface area is 133 Å².